The van der Waals surface area contributed by atoms with Gasteiger partial charge in [0, 0.05) is 20.2 Å². The molecule has 0 spiro atoms. The second-order valence-corrected chi connectivity index (χ2v) is 6.39. The minimum absolute atomic E-state index is 0.0822. The highest BCUT2D eigenvalue weighted by Crippen LogP contribution is 2.30. The van der Waals surface area contributed by atoms with E-state index in [1.165, 1.54) is 4.90 Å². The Morgan fingerprint density at radius 1 is 1.18 bits per heavy atom. The van der Waals surface area contributed by atoms with Crippen molar-refractivity contribution in [2.45, 2.75) is 6.92 Å². The third-order valence-electron chi connectivity index (χ3n) is 3.22. The van der Waals surface area contributed by atoms with Crippen LogP contribution < -0.4 is 4.74 Å². The van der Waals surface area contributed by atoms with Crippen molar-refractivity contribution in [3.8, 4) is 11.5 Å². The van der Waals surface area contributed by atoms with Crippen LogP contribution in [-0.2, 0) is 0 Å². The second-order valence-electron chi connectivity index (χ2n) is 5.16. The number of rotatable bonds is 3. The van der Waals surface area contributed by atoms with Gasteiger partial charge in [-0.25, -0.2) is 4.98 Å². The summed E-state index contributed by atoms with van der Waals surface area (Å²) in [4.78, 5) is 18.2. The molecule has 4 nitrogen and oxygen atoms in total. The summed E-state index contributed by atoms with van der Waals surface area (Å²) < 4.78 is 7.04. The van der Waals surface area contributed by atoms with Crippen LogP contribution in [0, 0.1) is 6.92 Å². The van der Waals surface area contributed by atoms with E-state index in [4.69, 9.17) is 4.74 Å². The second kappa shape index (κ2) is 5.77. The van der Waals surface area contributed by atoms with Crippen LogP contribution in [0.15, 0.2) is 42.5 Å². The van der Waals surface area contributed by atoms with Gasteiger partial charge in [-0.3, -0.25) is 4.79 Å². The molecule has 0 radical (unpaired) electrons. The SMILES string of the molecule is Cc1nc2cc(Oc3ccccc3C(=O)N(C)C)ccc2s1. The Kier molecular flexibility index (Phi) is 3.81. The van der Waals surface area contributed by atoms with Gasteiger partial charge in [0.1, 0.15) is 11.5 Å². The third kappa shape index (κ3) is 2.80. The van der Waals surface area contributed by atoms with Crippen LogP contribution in [0.2, 0.25) is 0 Å². The molecular weight excluding hydrogens is 296 g/mol. The van der Waals surface area contributed by atoms with Gasteiger partial charge in [-0.05, 0) is 31.2 Å². The van der Waals surface area contributed by atoms with Crippen LogP contribution in [0.3, 0.4) is 0 Å². The fourth-order valence-electron chi connectivity index (χ4n) is 2.19. The van der Waals surface area contributed by atoms with E-state index in [1.54, 1.807) is 37.6 Å². The van der Waals surface area contributed by atoms with Crippen molar-refractivity contribution >= 4 is 27.5 Å². The fraction of sp³-hybridized carbons (Fsp3) is 0.176. The molecule has 5 heteroatoms. The maximum absolute atomic E-state index is 12.2. The van der Waals surface area contributed by atoms with Crippen molar-refractivity contribution in [3.63, 3.8) is 0 Å². The van der Waals surface area contributed by atoms with E-state index in [1.807, 2.05) is 37.3 Å². The molecule has 0 aliphatic heterocycles. The van der Waals surface area contributed by atoms with Crippen molar-refractivity contribution in [2.75, 3.05) is 14.1 Å². The van der Waals surface area contributed by atoms with Crippen molar-refractivity contribution in [1.82, 2.24) is 9.88 Å². The van der Waals surface area contributed by atoms with E-state index in [9.17, 15) is 4.79 Å². The van der Waals surface area contributed by atoms with E-state index in [0.717, 1.165) is 15.2 Å². The lowest BCUT2D eigenvalue weighted by molar-refractivity contribution is 0.0825. The van der Waals surface area contributed by atoms with Gasteiger partial charge in [-0.15, -0.1) is 11.3 Å². The molecule has 0 aliphatic rings. The molecular formula is C17H16N2O2S. The number of carbonyl (C=O) groups excluding carboxylic acids is 1. The average Bonchev–Trinajstić information content (AvgIpc) is 2.86. The van der Waals surface area contributed by atoms with Gasteiger partial charge in [0.05, 0.1) is 20.8 Å². The number of nitrogens with zero attached hydrogens (tertiary/aromatic N) is 2. The molecule has 0 fully saturated rings. The molecule has 0 saturated carbocycles. The number of hydrogen-bond acceptors (Lipinski definition) is 4. The van der Waals surface area contributed by atoms with E-state index in [0.29, 0.717) is 17.1 Å². The molecule has 22 heavy (non-hydrogen) atoms. The zero-order valence-electron chi connectivity index (χ0n) is 12.7. The molecule has 1 aromatic heterocycles. The highest BCUT2D eigenvalue weighted by atomic mass is 32.1. The third-order valence-corrected chi connectivity index (χ3v) is 4.17. The number of thiazole rings is 1. The van der Waals surface area contributed by atoms with Gasteiger partial charge < -0.3 is 9.64 Å². The van der Waals surface area contributed by atoms with Crippen molar-refractivity contribution < 1.29 is 9.53 Å². The number of aryl methyl sites for hydroxylation is 1. The van der Waals surface area contributed by atoms with Gasteiger partial charge >= 0.3 is 0 Å². The smallest absolute Gasteiger partial charge is 0.257 e. The number of para-hydroxylation sites is 1. The number of aromatic nitrogens is 1. The molecule has 1 amide bonds. The molecule has 0 atom stereocenters. The molecule has 2 aromatic carbocycles. The Morgan fingerprint density at radius 2 is 1.95 bits per heavy atom. The minimum atomic E-state index is -0.0822. The number of amides is 1. The molecule has 3 rings (SSSR count). The molecule has 0 N–H and O–H groups in total. The molecule has 0 unspecified atom stereocenters. The van der Waals surface area contributed by atoms with Crippen LogP contribution in [0.5, 0.6) is 11.5 Å². The van der Waals surface area contributed by atoms with Crippen molar-refractivity contribution in [3.05, 3.63) is 53.0 Å². The zero-order valence-corrected chi connectivity index (χ0v) is 13.5. The lowest BCUT2D eigenvalue weighted by Gasteiger charge is -2.14. The summed E-state index contributed by atoms with van der Waals surface area (Å²) in [7, 11) is 3.45. The highest BCUT2D eigenvalue weighted by Gasteiger charge is 2.14. The number of carbonyl (C=O) groups is 1. The first kappa shape index (κ1) is 14.5. The lowest BCUT2D eigenvalue weighted by Crippen LogP contribution is -2.22. The summed E-state index contributed by atoms with van der Waals surface area (Å²) in [5, 5.41) is 1.02. The van der Waals surface area contributed by atoms with Crippen LogP contribution in [-0.4, -0.2) is 29.9 Å². The summed E-state index contributed by atoms with van der Waals surface area (Å²) in [6.07, 6.45) is 0. The summed E-state index contributed by atoms with van der Waals surface area (Å²) in [6.45, 7) is 1.98. The fourth-order valence-corrected chi connectivity index (χ4v) is 2.99. The standard InChI is InChI=1S/C17H16N2O2S/c1-11-18-14-10-12(8-9-16(14)22-11)21-15-7-5-4-6-13(15)17(20)19(2)3/h4-10H,1-3H3. The van der Waals surface area contributed by atoms with Gasteiger partial charge in [0.25, 0.3) is 5.91 Å². The Balaban J connectivity index is 1.96. The first-order valence-electron chi connectivity index (χ1n) is 6.90. The van der Waals surface area contributed by atoms with Crippen LogP contribution >= 0.6 is 11.3 Å². The van der Waals surface area contributed by atoms with Crippen LogP contribution in [0.1, 0.15) is 15.4 Å². The Morgan fingerprint density at radius 3 is 2.73 bits per heavy atom. The predicted molar refractivity (Wildman–Crippen MR) is 88.9 cm³/mol. The van der Waals surface area contributed by atoms with Crippen molar-refractivity contribution in [1.29, 1.82) is 0 Å². The first-order chi connectivity index (χ1) is 10.5. The normalized spacial score (nSPS) is 10.7. The first-order valence-corrected chi connectivity index (χ1v) is 7.72. The largest absolute Gasteiger partial charge is 0.456 e. The van der Waals surface area contributed by atoms with E-state index in [2.05, 4.69) is 4.98 Å². The topological polar surface area (TPSA) is 42.4 Å². The Labute approximate surface area is 133 Å². The molecule has 0 saturated heterocycles. The summed E-state index contributed by atoms with van der Waals surface area (Å²) in [5.41, 5.74) is 1.46. The summed E-state index contributed by atoms with van der Waals surface area (Å²) in [6, 6.07) is 13.0. The zero-order chi connectivity index (χ0) is 15.7. The summed E-state index contributed by atoms with van der Waals surface area (Å²) >= 11 is 1.65. The van der Waals surface area contributed by atoms with Gasteiger partial charge in [-0.1, -0.05) is 12.1 Å². The van der Waals surface area contributed by atoms with Crippen molar-refractivity contribution in [2.24, 2.45) is 0 Å². The van der Waals surface area contributed by atoms with E-state index in [-0.39, 0.29) is 5.91 Å². The molecule has 112 valence electrons. The molecule has 3 aromatic rings. The number of benzene rings is 2. The van der Waals surface area contributed by atoms with Gasteiger partial charge in [-0.2, -0.15) is 0 Å². The molecule has 0 bridgehead atoms. The number of fused-ring (bicyclic) bond motifs is 1. The Hall–Kier alpha value is -2.40. The molecule has 0 aliphatic carbocycles. The maximum Gasteiger partial charge on any atom is 0.257 e. The van der Waals surface area contributed by atoms with E-state index < -0.39 is 0 Å². The molecule has 1 heterocycles. The Bertz CT molecular complexity index is 840. The monoisotopic (exact) mass is 312 g/mol. The quantitative estimate of drug-likeness (QED) is 0.731. The lowest BCUT2D eigenvalue weighted by atomic mass is 10.2. The number of hydrogen-bond donors (Lipinski definition) is 0. The maximum atomic E-state index is 12.2. The average molecular weight is 312 g/mol. The predicted octanol–water partition coefficient (Wildman–Crippen LogP) is 4.10. The minimum Gasteiger partial charge on any atom is -0.456 e. The van der Waals surface area contributed by atoms with Gasteiger partial charge in [0.2, 0.25) is 0 Å². The van der Waals surface area contributed by atoms with Crippen LogP contribution in [0.25, 0.3) is 10.2 Å². The van der Waals surface area contributed by atoms with Crippen LogP contribution in [0.4, 0.5) is 0 Å². The highest BCUT2D eigenvalue weighted by molar-refractivity contribution is 7.18. The van der Waals surface area contributed by atoms with E-state index >= 15 is 0 Å². The summed E-state index contributed by atoms with van der Waals surface area (Å²) in [5.74, 6) is 1.14. The van der Waals surface area contributed by atoms with Gasteiger partial charge in [0.15, 0.2) is 0 Å². The number of ether oxygens (including phenoxy) is 1.